The Morgan fingerprint density at radius 1 is 1.33 bits per heavy atom. The number of rotatable bonds is 2. The van der Waals surface area contributed by atoms with Gasteiger partial charge in [0.15, 0.2) is 0 Å². The van der Waals surface area contributed by atoms with Crippen LogP contribution in [0.25, 0.3) is 0 Å². The second-order valence-corrected chi connectivity index (χ2v) is 5.30. The van der Waals surface area contributed by atoms with E-state index in [4.69, 9.17) is 21.1 Å². The third-order valence-electron chi connectivity index (χ3n) is 3.61. The van der Waals surface area contributed by atoms with Gasteiger partial charge < -0.3 is 14.6 Å². The lowest BCUT2D eigenvalue weighted by Gasteiger charge is -2.30. The first-order chi connectivity index (χ1) is 10.1. The van der Waals surface area contributed by atoms with Crippen molar-refractivity contribution < 1.29 is 19.0 Å². The monoisotopic (exact) mass is 308 g/mol. The zero-order chi connectivity index (χ0) is 15.0. The maximum absolute atomic E-state index is 14.0. The lowest BCUT2D eigenvalue weighted by atomic mass is 9.94. The molecule has 0 saturated heterocycles. The van der Waals surface area contributed by atoms with Crippen molar-refractivity contribution in [3.63, 3.8) is 0 Å². The fourth-order valence-corrected chi connectivity index (χ4v) is 2.83. The van der Waals surface area contributed by atoms with Crippen molar-refractivity contribution in [2.75, 3.05) is 7.11 Å². The predicted octanol–water partition coefficient (Wildman–Crippen LogP) is 4.04. The molecule has 3 nitrogen and oxygen atoms in total. The highest BCUT2D eigenvalue weighted by Crippen LogP contribution is 2.44. The highest BCUT2D eigenvalue weighted by molar-refractivity contribution is 6.31. The predicted molar refractivity (Wildman–Crippen MR) is 77.3 cm³/mol. The highest BCUT2D eigenvalue weighted by atomic mass is 35.5. The Balaban J connectivity index is 2.01. The van der Waals surface area contributed by atoms with Gasteiger partial charge in [-0.1, -0.05) is 17.7 Å². The van der Waals surface area contributed by atoms with Crippen molar-refractivity contribution in [3.8, 4) is 11.5 Å². The van der Waals surface area contributed by atoms with Crippen LogP contribution in [0.4, 0.5) is 4.39 Å². The summed E-state index contributed by atoms with van der Waals surface area (Å²) in [4.78, 5) is 0. The number of fused-ring (bicyclic) bond motifs is 1. The molecule has 0 bridgehead atoms. The van der Waals surface area contributed by atoms with E-state index in [0.29, 0.717) is 22.1 Å². The first kappa shape index (κ1) is 14.2. The maximum Gasteiger partial charge on any atom is 0.131 e. The minimum absolute atomic E-state index is 0.250. The second kappa shape index (κ2) is 5.54. The van der Waals surface area contributed by atoms with Crippen LogP contribution in [-0.4, -0.2) is 12.2 Å². The summed E-state index contributed by atoms with van der Waals surface area (Å²) in [6.45, 7) is 0. The average Bonchev–Trinajstić information content (AvgIpc) is 2.46. The molecule has 0 fully saturated rings. The van der Waals surface area contributed by atoms with E-state index in [0.717, 1.165) is 0 Å². The van der Waals surface area contributed by atoms with Gasteiger partial charge >= 0.3 is 0 Å². The number of benzene rings is 2. The average molecular weight is 309 g/mol. The Morgan fingerprint density at radius 3 is 2.86 bits per heavy atom. The number of methoxy groups -OCH3 is 1. The molecule has 2 aromatic carbocycles. The van der Waals surface area contributed by atoms with Gasteiger partial charge in [0.05, 0.1) is 18.2 Å². The zero-order valence-corrected chi connectivity index (χ0v) is 12.1. The lowest BCUT2D eigenvalue weighted by Crippen LogP contribution is -2.20. The van der Waals surface area contributed by atoms with Crippen LogP contribution in [0.1, 0.15) is 29.8 Å². The van der Waals surface area contributed by atoms with Crippen LogP contribution in [0.15, 0.2) is 36.4 Å². The summed E-state index contributed by atoms with van der Waals surface area (Å²) in [5.41, 5.74) is 0.936. The van der Waals surface area contributed by atoms with Crippen LogP contribution < -0.4 is 9.47 Å². The number of aliphatic hydroxyl groups excluding tert-OH is 1. The summed E-state index contributed by atoms with van der Waals surface area (Å²) in [6.07, 6.45) is -1.12. The van der Waals surface area contributed by atoms with E-state index in [1.54, 1.807) is 31.4 Å². The first-order valence-corrected chi connectivity index (χ1v) is 6.94. The van der Waals surface area contributed by atoms with Gasteiger partial charge in [-0.05, 0) is 24.3 Å². The summed E-state index contributed by atoms with van der Waals surface area (Å²) in [7, 11) is 1.55. The maximum atomic E-state index is 14.0. The van der Waals surface area contributed by atoms with Gasteiger partial charge in [0.25, 0.3) is 0 Å². The van der Waals surface area contributed by atoms with Crippen molar-refractivity contribution >= 4 is 11.6 Å². The number of hydrogen-bond donors (Lipinski definition) is 1. The fraction of sp³-hybridized carbons (Fsp3) is 0.250. The molecular formula is C16H14ClFO3. The molecule has 1 heterocycles. The largest absolute Gasteiger partial charge is 0.497 e. The van der Waals surface area contributed by atoms with Gasteiger partial charge in [0.1, 0.15) is 23.4 Å². The van der Waals surface area contributed by atoms with Crippen LogP contribution in [0.2, 0.25) is 5.02 Å². The van der Waals surface area contributed by atoms with Gasteiger partial charge in [0, 0.05) is 23.6 Å². The van der Waals surface area contributed by atoms with Crippen molar-refractivity contribution in [3.05, 3.63) is 58.4 Å². The Morgan fingerprint density at radius 2 is 2.14 bits per heavy atom. The molecule has 1 unspecified atom stereocenters. The molecule has 0 saturated carbocycles. The van der Waals surface area contributed by atoms with E-state index >= 15 is 0 Å². The quantitative estimate of drug-likeness (QED) is 0.910. The summed E-state index contributed by atoms with van der Waals surface area (Å²) < 4.78 is 25.0. The van der Waals surface area contributed by atoms with Crippen LogP contribution in [0.5, 0.6) is 11.5 Å². The fourth-order valence-electron chi connectivity index (χ4n) is 2.55. The molecule has 2 aromatic rings. The van der Waals surface area contributed by atoms with E-state index in [2.05, 4.69) is 0 Å². The third kappa shape index (κ3) is 2.57. The van der Waals surface area contributed by atoms with Gasteiger partial charge in [0.2, 0.25) is 0 Å². The van der Waals surface area contributed by atoms with E-state index in [1.807, 2.05) is 0 Å². The van der Waals surface area contributed by atoms with E-state index in [-0.39, 0.29) is 12.0 Å². The lowest BCUT2D eigenvalue weighted by molar-refractivity contribution is 0.0638. The van der Waals surface area contributed by atoms with Crippen molar-refractivity contribution in [1.82, 2.24) is 0 Å². The van der Waals surface area contributed by atoms with Crippen molar-refractivity contribution in [2.45, 2.75) is 18.6 Å². The highest BCUT2D eigenvalue weighted by Gasteiger charge is 2.31. The summed E-state index contributed by atoms with van der Waals surface area (Å²) in [6, 6.07) is 9.66. The molecule has 0 amide bonds. The third-order valence-corrected chi connectivity index (χ3v) is 3.94. The Kier molecular flexibility index (Phi) is 3.74. The van der Waals surface area contributed by atoms with E-state index in [9.17, 15) is 9.50 Å². The Hall–Kier alpha value is -1.78. The number of aliphatic hydroxyl groups is 1. The van der Waals surface area contributed by atoms with Crippen molar-refractivity contribution in [1.29, 1.82) is 0 Å². The van der Waals surface area contributed by atoms with Gasteiger partial charge in [-0.3, -0.25) is 0 Å². The molecule has 1 N–H and O–H groups in total. The standard InChI is InChI=1S/C16H14ClFO3/c1-20-9-5-6-10-13(19)8-15(21-14(10)7-9)16-11(17)3-2-4-12(16)18/h2-7,13,15,19H,8H2,1H3/t13-,15?/m1/s1. The van der Waals surface area contributed by atoms with E-state index < -0.39 is 18.0 Å². The molecule has 5 heteroatoms. The molecule has 1 aliphatic rings. The summed E-state index contributed by atoms with van der Waals surface area (Å²) >= 11 is 6.07. The molecular weight excluding hydrogens is 295 g/mol. The van der Waals surface area contributed by atoms with Crippen molar-refractivity contribution in [2.24, 2.45) is 0 Å². The molecule has 0 spiro atoms. The van der Waals surface area contributed by atoms with Gasteiger partial charge in [-0.25, -0.2) is 4.39 Å². The van der Waals surface area contributed by atoms with Crippen LogP contribution in [0.3, 0.4) is 0 Å². The first-order valence-electron chi connectivity index (χ1n) is 6.56. The van der Waals surface area contributed by atoms with E-state index in [1.165, 1.54) is 12.1 Å². The van der Waals surface area contributed by atoms with Crippen LogP contribution >= 0.6 is 11.6 Å². The second-order valence-electron chi connectivity index (χ2n) is 4.90. The minimum atomic E-state index is -0.736. The Labute approximate surface area is 126 Å². The van der Waals surface area contributed by atoms with Crippen LogP contribution in [0, 0.1) is 5.82 Å². The smallest absolute Gasteiger partial charge is 0.131 e. The van der Waals surface area contributed by atoms with Gasteiger partial charge in [-0.15, -0.1) is 0 Å². The molecule has 21 heavy (non-hydrogen) atoms. The normalized spacial score (nSPS) is 20.6. The molecule has 0 aromatic heterocycles. The number of halogens is 2. The molecule has 1 aliphatic heterocycles. The molecule has 0 radical (unpaired) electrons. The number of hydrogen-bond acceptors (Lipinski definition) is 3. The molecule has 110 valence electrons. The Bertz CT molecular complexity index is 654. The number of ether oxygens (including phenoxy) is 2. The topological polar surface area (TPSA) is 38.7 Å². The zero-order valence-electron chi connectivity index (χ0n) is 11.3. The molecule has 0 aliphatic carbocycles. The molecule has 2 atom stereocenters. The summed E-state index contributed by atoms with van der Waals surface area (Å²) in [5, 5.41) is 10.5. The van der Waals surface area contributed by atoms with Gasteiger partial charge in [-0.2, -0.15) is 0 Å². The minimum Gasteiger partial charge on any atom is -0.497 e. The SMILES string of the molecule is COc1ccc2c(c1)OC(c1c(F)cccc1Cl)C[C@H]2O. The molecule has 3 rings (SSSR count). The summed E-state index contributed by atoms with van der Waals surface area (Å²) in [5.74, 6) is 0.657. The van der Waals surface area contributed by atoms with Crippen LogP contribution in [-0.2, 0) is 0 Å².